The molecule has 0 bridgehead atoms. The second-order valence-corrected chi connectivity index (χ2v) is 6.52. The average molecular weight is 392 g/mol. The van der Waals surface area contributed by atoms with Crippen LogP contribution in [0, 0.1) is 11.6 Å². The molecule has 6 heteroatoms. The smallest absolute Gasteiger partial charge is 0.222 e. The van der Waals surface area contributed by atoms with Gasteiger partial charge in [-0.3, -0.25) is 0 Å². The Morgan fingerprint density at radius 2 is 1.59 bits per heavy atom. The zero-order valence-corrected chi connectivity index (χ0v) is 15.7. The fourth-order valence-electron chi connectivity index (χ4n) is 3.16. The van der Waals surface area contributed by atoms with Gasteiger partial charge in [0, 0.05) is 0 Å². The highest BCUT2D eigenvalue weighted by Gasteiger charge is 2.26. The maximum absolute atomic E-state index is 14.0. The SMILES string of the molecule is CO/N=C/c1ccc(-c2ccc(C3COC(c4c(F)cccc4F)=N3)cc2)cc1. The number of rotatable bonds is 5. The highest BCUT2D eigenvalue weighted by molar-refractivity contribution is 5.95. The van der Waals surface area contributed by atoms with Crippen molar-refractivity contribution in [2.45, 2.75) is 6.04 Å². The predicted octanol–water partition coefficient (Wildman–Crippen LogP) is 5.13. The van der Waals surface area contributed by atoms with E-state index in [1.807, 2.05) is 48.5 Å². The van der Waals surface area contributed by atoms with Crippen molar-refractivity contribution < 1.29 is 18.4 Å². The topological polar surface area (TPSA) is 43.2 Å². The molecule has 1 heterocycles. The average Bonchev–Trinajstić information content (AvgIpc) is 3.22. The van der Waals surface area contributed by atoms with Crippen molar-refractivity contribution in [1.82, 2.24) is 0 Å². The lowest BCUT2D eigenvalue weighted by atomic mass is 10.0. The van der Waals surface area contributed by atoms with E-state index in [9.17, 15) is 8.78 Å². The molecule has 146 valence electrons. The fraction of sp³-hybridized carbons (Fsp3) is 0.130. The van der Waals surface area contributed by atoms with Crippen molar-refractivity contribution >= 4 is 12.1 Å². The number of aliphatic imine (C=N–C) groups is 1. The van der Waals surface area contributed by atoms with Gasteiger partial charge in [0.1, 0.15) is 37.0 Å². The quantitative estimate of drug-likeness (QED) is 0.446. The molecule has 0 amide bonds. The third-order valence-corrected chi connectivity index (χ3v) is 4.67. The van der Waals surface area contributed by atoms with E-state index in [2.05, 4.69) is 15.0 Å². The second kappa shape index (κ2) is 8.22. The normalized spacial score (nSPS) is 16.0. The van der Waals surface area contributed by atoms with Crippen molar-refractivity contribution in [3.05, 3.63) is 95.1 Å². The Balaban J connectivity index is 1.53. The van der Waals surface area contributed by atoms with E-state index < -0.39 is 11.6 Å². The summed E-state index contributed by atoms with van der Waals surface area (Å²) in [4.78, 5) is 9.06. The Bertz CT molecular complexity index is 1040. The van der Waals surface area contributed by atoms with Crippen LogP contribution >= 0.6 is 0 Å². The maximum atomic E-state index is 14.0. The number of benzene rings is 3. The van der Waals surface area contributed by atoms with Crippen LogP contribution in [0.5, 0.6) is 0 Å². The highest BCUT2D eigenvalue weighted by atomic mass is 19.1. The van der Waals surface area contributed by atoms with Gasteiger partial charge in [0.2, 0.25) is 5.90 Å². The molecule has 0 radical (unpaired) electrons. The third kappa shape index (κ3) is 4.01. The first-order valence-corrected chi connectivity index (χ1v) is 9.07. The number of hydrogen-bond donors (Lipinski definition) is 0. The van der Waals surface area contributed by atoms with E-state index in [4.69, 9.17) is 4.74 Å². The van der Waals surface area contributed by atoms with Gasteiger partial charge in [-0.1, -0.05) is 59.8 Å². The minimum absolute atomic E-state index is 0.00277. The number of oxime groups is 1. The van der Waals surface area contributed by atoms with Gasteiger partial charge in [-0.15, -0.1) is 0 Å². The van der Waals surface area contributed by atoms with Gasteiger partial charge >= 0.3 is 0 Å². The van der Waals surface area contributed by atoms with Crippen molar-refractivity contribution in [3.63, 3.8) is 0 Å². The minimum atomic E-state index is -0.682. The van der Waals surface area contributed by atoms with E-state index in [0.29, 0.717) is 0 Å². The molecule has 0 saturated heterocycles. The van der Waals surface area contributed by atoms with Gasteiger partial charge in [-0.05, 0) is 34.4 Å². The standard InChI is InChI=1S/C23H18F2N2O2/c1-28-26-13-15-5-7-16(8-6-15)17-9-11-18(12-10-17)21-14-29-23(27-21)22-19(24)3-2-4-20(22)25/h2-13,21H,14H2,1H3/b26-13+. The van der Waals surface area contributed by atoms with Crippen LogP contribution in [-0.4, -0.2) is 25.8 Å². The molecule has 4 nitrogen and oxygen atoms in total. The van der Waals surface area contributed by atoms with E-state index in [0.717, 1.165) is 22.3 Å². The Morgan fingerprint density at radius 3 is 2.21 bits per heavy atom. The summed E-state index contributed by atoms with van der Waals surface area (Å²) in [5.74, 6) is -1.36. The summed E-state index contributed by atoms with van der Waals surface area (Å²) in [5.41, 5.74) is 3.75. The second-order valence-electron chi connectivity index (χ2n) is 6.52. The molecule has 1 unspecified atom stereocenters. The molecule has 0 fully saturated rings. The monoisotopic (exact) mass is 392 g/mol. The van der Waals surface area contributed by atoms with Crippen molar-refractivity contribution in [1.29, 1.82) is 0 Å². The van der Waals surface area contributed by atoms with Gasteiger partial charge in [0.25, 0.3) is 0 Å². The molecule has 0 spiro atoms. The molecule has 1 aliphatic rings. The van der Waals surface area contributed by atoms with Gasteiger partial charge in [-0.25, -0.2) is 13.8 Å². The Hall–Kier alpha value is -3.54. The van der Waals surface area contributed by atoms with E-state index in [1.54, 1.807) is 6.21 Å². The molecule has 0 aliphatic carbocycles. The van der Waals surface area contributed by atoms with Crippen LogP contribution in [-0.2, 0) is 9.57 Å². The van der Waals surface area contributed by atoms with Crippen molar-refractivity contribution in [2.24, 2.45) is 10.1 Å². The zero-order valence-electron chi connectivity index (χ0n) is 15.7. The summed E-state index contributed by atoms with van der Waals surface area (Å²) in [6.45, 7) is 0.246. The summed E-state index contributed by atoms with van der Waals surface area (Å²) < 4.78 is 33.4. The number of ether oxygens (including phenoxy) is 1. The van der Waals surface area contributed by atoms with Crippen LogP contribution in [0.2, 0.25) is 0 Å². The molecule has 3 aromatic carbocycles. The molecular weight excluding hydrogens is 374 g/mol. The number of hydrogen-bond acceptors (Lipinski definition) is 4. The predicted molar refractivity (Wildman–Crippen MR) is 108 cm³/mol. The van der Waals surface area contributed by atoms with Crippen LogP contribution in [0.15, 0.2) is 76.9 Å². The lowest BCUT2D eigenvalue weighted by molar-refractivity contribution is 0.215. The minimum Gasteiger partial charge on any atom is -0.475 e. The Labute approximate surface area is 167 Å². The summed E-state index contributed by atoms with van der Waals surface area (Å²) in [7, 11) is 1.50. The molecule has 1 atom stereocenters. The Morgan fingerprint density at radius 1 is 0.966 bits per heavy atom. The molecule has 4 rings (SSSR count). The van der Waals surface area contributed by atoms with E-state index in [1.165, 1.54) is 25.3 Å². The summed E-state index contributed by atoms with van der Waals surface area (Å²) in [5, 5.41) is 3.74. The first-order valence-electron chi connectivity index (χ1n) is 9.07. The van der Waals surface area contributed by atoms with Gasteiger partial charge in [0.15, 0.2) is 0 Å². The molecule has 1 aliphatic heterocycles. The van der Waals surface area contributed by atoms with Crippen LogP contribution in [0.1, 0.15) is 22.7 Å². The van der Waals surface area contributed by atoms with Crippen LogP contribution in [0.3, 0.4) is 0 Å². The molecule has 0 aromatic heterocycles. The summed E-state index contributed by atoms with van der Waals surface area (Å²) >= 11 is 0. The van der Waals surface area contributed by atoms with Gasteiger partial charge < -0.3 is 9.57 Å². The Kier molecular flexibility index (Phi) is 5.33. The van der Waals surface area contributed by atoms with Crippen LogP contribution in [0.4, 0.5) is 8.78 Å². The molecule has 0 saturated carbocycles. The highest BCUT2D eigenvalue weighted by Crippen LogP contribution is 2.29. The van der Waals surface area contributed by atoms with Gasteiger partial charge in [0.05, 0.1) is 6.21 Å². The first kappa shape index (κ1) is 18.8. The fourth-order valence-corrected chi connectivity index (χ4v) is 3.16. The largest absolute Gasteiger partial charge is 0.475 e. The third-order valence-electron chi connectivity index (χ3n) is 4.67. The summed E-state index contributed by atoms with van der Waals surface area (Å²) in [6.07, 6.45) is 1.64. The number of halogens is 2. The van der Waals surface area contributed by atoms with Crippen LogP contribution in [0.25, 0.3) is 11.1 Å². The summed E-state index contributed by atoms with van der Waals surface area (Å²) in [6, 6.07) is 19.2. The maximum Gasteiger partial charge on any atom is 0.222 e. The lowest BCUT2D eigenvalue weighted by Crippen LogP contribution is -2.07. The first-order chi connectivity index (χ1) is 14.2. The van der Waals surface area contributed by atoms with Gasteiger partial charge in [-0.2, -0.15) is 0 Å². The molecule has 29 heavy (non-hydrogen) atoms. The molecular formula is C23H18F2N2O2. The molecule has 3 aromatic rings. The van der Waals surface area contributed by atoms with Crippen molar-refractivity contribution in [3.8, 4) is 11.1 Å². The van der Waals surface area contributed by atoms with Crippen LogP contribution < -0.4 is 0 Å². The lowest BCUT2D eigenvalue weighted by Gasteiger charge is -2.07. The van der Waals surface area contributed by atoms with Crippen molar-refractivity contribution in [2.75, 3.05) is 13.7 Å². The molecule has 0 N–H and O–H groups in total. The van der Waals surface area contributed by atoms with E-state index >= 15 is 0 Å². The number of nitrogens with zero attached hydrogens (tertiary/aromatic N) is 2. The zero-order chi connectivity index (χ0) is 20.2. The van der Waals surface area contributed by atoms with E-state index in [-0.39, 0.29) is 24.1 Å².